The molecule has 0 unspecified atom stereocenters. The third-order valence-electron chi connectivity index (χ3n) is 2.67. The van der Waals surface area contributed by atoms with Crippen LogP contribution < -0.4 is 0 Å². The molecule has 0 aliphatic heterocycles. The minimum absolute atomic E-state index is 0.126. The molecule has 1 aromatic rings. The summed E-state index contributed by atoms with van der Waals surface area (Å²) in [7, 11) is 0. The molecule has 0 radical (unpaired) electrons. The number of ether oxygens (including phenoxy) is 1. The zero-order chi connectivity index (χ0) is 14.5. The van der Waals surface area contributed by atoms with E-state index in [9.17, 15) is 9.59 Å². The number of thioether (sulfide) groups is 1. The van der Waals surface area contributed by atoms with E-state index in [1.807, 2.05) is 24.3 Å². The Morgan fingerprint density at radius 2 is 1.84 bits per heavy atom. The highest BCUT2D eigenvalue weighted by Gasteiger charge is 2.36. The summed E-state index contributed by atoms with van der Waals surface area (Å²) in [6.45, 7) is 5.23. The van der Waals surface area contributed by atoms with Gasteiger partial charge in [-0.25, -0.2) is 0 Å². The minimum Gasteiger partial charge on any atom is -0.465 e. The number of rotatable bonds is 6. The summed E-state index contributed by atoms with van der Waals surface area (Å²) in [4.78, 5) is 24.8. The zero-order valence-electron chi connectivity index (χ0n) is 11.2. The van der Waals surface area contributed by atoms with E-state index in [0.29, 0.717) is 0 Å². The number of carbonyl (C=O) groups excluding carboxylic acids is 2. The lowest BCUT2D eigenvalue weighted by Gasteiger charge is -2.20. The van der Waals surface area contributed by atoms with E-state index in [1.165, 1.54) is 11.8 Å². The first-order valence-corrected chi connectivity index (χ1v) is 7.74. The molecule has 19 heavy (non-hydrogen) atoms. The van der Waals surface area contributed by atoms with E-state index in [4.69, 9.17) is 4.74 Å². The van der Waals surface area contributed by atoms with Gasteiger partial charge in [-0.1, -0.05) is 15.9 Å². The molecule has 0 spiro atoms. The number of hydrogen-bond acceptors (Lipinski definition) is 4. The molecule has 0 amide bonds. The van der Waals surface area contributed by atoms with Gasteiger partial charge in [0.1, 0.15) is 5.41 Å². The van der Waals surface area contributed by atoms with Crippen molar-refractivity contribution in [3.05, 3.63) is 28.7 Å². The number of ketones is 1. The van der Waals surface area contributed by atoms with Crippen LogP contribution in [0.4, 0.5) is 0 Å². The number of esters is 1. The Hall–Kier alpha value is -0.810. The maximum Gasteiger partial charge on any atom is 0.319 e. The van der Waals surface area contributed by atoms with Gasteiger partial charge in [-0.15, -0.1) is 11.8 Å². The first kappa shape index (κ1) is 16.2. The van der Waals surface area contributed by atoms with Gasteiger partial charge in [0.2, 0.25) is 0 Å². The predicted octanol–water partition coefficient (Wildman–Crippen LogP) is 3.70. The van der Waals surface area contributed by atoms with Crippen molar-refractivity contribution < 1.29 is 14.3 Å². The number of halogens is 1. The van der Waals surface area contributed by atoms with Gasteiger partial charge in [0.15, 0.2) is 5.78 Å². The van der Waals surface area contributed by atoms with Crippen molar-refractivity contribution in [1.29, 1.82) is 0 Å². The molecule has 1 aromatic carbocycles. The summed E-state index contributed by atoms with van der Waals surface area (Å²) in [6.07, 6.45) is 0. The van der Waals surface area contributed by atoms with Crippen molar-refractivity contribution >= 4 is 39.4 Å². The van der Waals surface area contributed by atoms with Gasteiger partial charge in [0.05, 0.1) is 12.4 Å². The largest absolute Gasteiger partial charge is 0.465 e. The van der Waals surface area contributed by atoms with Gasteiger partial charge in [0, 0.05) is 9.37 Å². The van der Waals surface area contributed by atoms with E-state index in [2.05, 4.69) is 15.9 Å². The second-order valence-electron chi connectivity index (χ2n) is 4.51. The lowest BCUT2D eigenvalue weighted by atomic mass is 9.89. The van der Waals surface area contributed by atoms with Crippen molar-refractivity contribution in [2.24, 2.45) is 5.41 Å². The van der Waals surface area contributed by atoms with Gasteiger partial charge in [-0.3, -0.25) is 9.59 Å². The van der Waals surface area contributed by atoms with Crippen molar-refractivity contribution in [2.45, 2.75) is 25.7 Å². The van der Waals surface area contributed by atoms with E-state index in [1.54, 1.807) is 20.8 Å². The van der Waals surface area contributed by atoms with Gasteiger partial charge < -0.3 is 4.74 Å². The number of hydrogen-bond donors (Lipinski definition) is 0. The Balaban J connectivity index is 2.59. The van der Waals surface area contributed by atoms with Gasteiger partial charge >= 0.3 is 5.97 Å². The fourth-order valence-electron chi connectivity index (χ4n) is 1.29. The summed E-state index contributed by atoms with van der Waals surface area (Å²) in [5.74, 6) is -0.330. The van der Waals surface area contributed by atoms with E-state index in [0.717, 1.165) is 9.37 Å². The van der Waals surface area contributed by atoms with Crippen LogP contribution in [0.2, 0.25) is 0 Å². The van der Waals surface area contributed by atoms with Gasteiger partial charge in [-0.05, 0) is 45.0 Å². The second kappa shape index (κ2) is 7.10. The topological polar surface area (TPSA) is 43.4 Å². The molecule has 5 heteroatoms. The Kier molecular flexibility index (Phi) is 6.07. The van der Waals surface area contributed by atoms with Crippen LogP contribution in [-0.2, 0) is 14.3 Å². The smallest absolute Gasteiger partial charge is 0.319 e. The lowest BCUT2D eigenvalue weighted by Crippen LogP contribution is -2.36. The lowest BCUT2D eigenvalue weighted by molar-refractivity contribution is -0.157. The molecule has 0 N–H and O–H groups in total. The van der Waals surface area contributed by atoms with Crippen LogP contribution in [-0.4, -0.2) is 24.1 Å². The Bertz CT molecular complexity index is 454. The molecule has 1 rings (SSSR count). The van der Waals surface area contributed by atoms with Crippen molar-refractivity contribution in [3.8, 4) is 0 Å². The normalized spacial score (nSPS) is 11.2. The predicted molar refractivity (Wildman–Crippen MR) is 80.3 cm³/mol. The molecule has 0 heterocycles. The average Bonchev–Trinajstić information content (AvgIpc) is 2.37. The highest BCUT2D eigenvalue weighted by atomic mass is 79.9. The average molecular weight is 345 g/mol. The number of benzene rings is 1. The molecule has 0 aromatic heterocycles. The van der Waals surface area contributed by atoms with Crippen LogP contribution >= 0.6 is 27.7 Å². The summed E-state index contributed by atoms with van der Waals surface area (Å²) >= 11 is 4.78. The molecular weight excluding hydrogens is 328 g/mol. The van der Waals surface area contributed by atoms with E-state index in [-0.39, 0.29) is 18.1 Å². The monoisotopic (exact) mass is 344 g/mol. The Morgan fingerprint density at radius 1 is 1.26 bits per heavy atom. The molecule has 0 fully saturated rings. The maximum atomic E-state index is 12.1. The van der Waals surface area contributed by atoms with Crippen molar-refractivity contribution in [3.63, 3.8) is 0 Å². The fourth-order valence-corrected chi connectivity index (χ4v) is 2.54. The second-order valence-corrected chi connectivity index (χ2v) is 6.48. The molecule has 0 bridgehead atoms. The first-order valence-electron chi connectivity index (χ1n) is 5.96. The first-order chi connectivity index (χ1) is 8.87. The summed E-state index contributed by atoms with van der Waals surface area (Å²) in [5, 5.41) is 0. The summed E-state index contributed by atoms with van der Waals surface area (Å²) in [5.41, 5.74) is -1.08. The fraction of sp³-hybridized carbons (Fsp3) is 0.429. The Labute approximate surface area is 126 Å². The number of carbonyl (C=O) groups is 2. The van der Waals surface area contributed by atoms with Crippen molar-refractivity contribution in [1.82, 2.24) is 0 Å². The van der Waals surface area contributed by atoms with Crippen LogP contribution in [0.25, 0.3) is 0 Å². The third kappa shape index (κ3) is 4.66. The third-order valence-corrected chi connectivity index (χ3v) is 4.21. The highest BCUT2D eigenvalue weighted by Crippen LogP contribution is 2.26. The van der Waals surface area contributed by atoms with Crippen LogP contribution in [0.1, 0.15) is 20.8 Å². The number of Topliss-reactive ketones (excluding diaryl/α,β-unsaturated/α-hetero) is 1. The molecule has 0 saturated carbocycles. The zero-order valence-corrected chi connectivity index (χ0v) is 13.6. The molecular formula is C14H17BrO3S. The molecule has 3 nitrogen and oxygen atoms in total. The molecule has 0 aliphatic carbocycles. The molecule has 0 saturated heterocycles. The molecule has 0 atom stereocenters. The standard InChI is InChI=1S/C14H17BrO3S/c1-4-18-13(17)14(2,3)12(16)9-19-11-7-5-10(15)6-8-11/h5-8H,4,9H2,1-3H3. The highest BCUT2D eigenvalue weighted by molar-refractivity contribution is 9.10. The maximum absolute atomic E-state index is 12.1. The quantitative estimate of drug-likeness (QED) is 0.448. The SMILES string of the molecule is CCOC(=O)C(C)(C)C(=O)CSc1ccc(Br)cc1. The van der Waals surface area contributed by atoms with Crippen LogP contribution in [0.15, 0.2) is 33.6 Å². The van der Waals surface area contributed by atoms with Crippen LogP contribution in [0, 0.1) is 5.41 Å². The molecule has 104 valence electrons. The minimum atomic E-state index is -1.08. The van der Waals surface area contributed by atoms with E-state index >= 15 is 0 Å². The van der Waals surface area contributed by atoms with E-state index < -0.39 is 11.4 Å². The molecule has 0 aliphatic rings. The van der Waals surface area contributed by atoms with Gasteiger partial charge in [-0.2, -0.15) is 0 Å². The van der Waals surface area contributed by atoms with Crippen molar-refractivity contribution in [2.75, 3.05) is 12.4 Å². The van der Waals surface area contributed by atoms with Crippen LogP contribution in [0.5, 0.6) is 0 Å². The summed E-state index contributed by atoms with van der Waals surface area (Å²) in [6, 6.07) is 7.70. The van der Waals surface area contributed by atoms with Gasteiger partial charge in [0.25, 0.3) is 0 Å². The van der Waals surface area contributed by atoms with Crippen LogP contribution in [0.3, 0.4) is 0 Å². The summed E-state index contributed by atoms with van der Waals surface area (Å²) < 4.78 is 5.92. The Morgan fingerprint density at radius 3 is 2.37 bits per heavy atom.